The summed E-state index contributed by atoms with van der Waals surface area (Å²) in [6.07, 6.45) is 0.840. The number of nitrogens with zero attached hydrogens (tertiary/aromatic N) is 1. The number of amides is 1. The summed E-state index contributed by atoms with van der Waals surface area (Å²) in [7, 11) is 3.46. The van der Waals surface area contributed by atoms with Gasteiger partial charge in [0.25, 0.3) is 5.91 Å². The van der Waals surface area contributed by atoms with Crippen molar-refractivity contribution >= 4 is 11.6 Å². The summed E-state index contributed by atoms with van der Waals surface area (Å²) in [6, 6.07) is 5.35. The smallest absolute Gasteiger partial charge is 0.253 e. The van der Waals surface area contributed by atoms with E-state index in [-0.39, 0.29) is 5.91 Å². The van der Waals surface area contributed by atoms with Crippen molar-refractivity contribution in [2.75, 3.05) is 33.0 Å². The number of aryl methyl sites for hydroxylation is 1. The highest BCUT2D eigenvalue weighted by Crippen LogP contribution is 2.14. The second-order valence-electron chi connectivity index (χ2n) is 4.15. The molecule has 17 heavy (non-hydrogen) atoms. The fourth-order valence-electron chi connectivity index (χ4n) is 1.68. The molecule has 0 aliphatic rings. The van der Waals surface area contributed by atoms with Crippen molar-refractivity contribution in [3.8, 4) is 0 Å². The Bertz CT molecular complexity index is 391. The Morgan fingerprint density at radius 1 is 1.47 bits per heavy atom. The first-order chi connectivity index (χ1) is 8.06. The molecule has 4 heteroatoms. The Balaban J connectivity index is 2.68. The SMILES string of the molecule is COCCCN(C)C(=O)c1ccc(N)cc1C. The molecular formula is C13H20N2O2. The Morgan fingerprint density at radius 3 is 2.76 bits per heavy atom. The standard InChI is InChI=1S/C13H20N2O2/c1-10-9-11(14)5-6-12(10)13(16)15(2)7-4-8-17-3/h5-6,9H,4,7-8,14H2,1-3H3. The minimum atomic E-state index is 0.0265. The summed E-state index contributed by atoms with van der Waals surface area (Å²) in [5.74, 6) is 0.0265. The van der Waals surface area contributed by atoms with Crippen molar-refractivity contribution in [2.24, 2.45) is 0 Å². The monoisotopic (exact) mass is 236 g/mol. The molecular weight excluding hydrogens is 216 g/mol. The number of anilines is 1. The molecule has 1 amide bonds. The zero-order chi connectivity index (χ0) is 12.8. The van der Waals surface area contributed by atoms with Gasteiger partial charge in [-0.1, -0.05) is 0 Å². The molecule has 0 radical (unpaired) electrons. The zero-order valence-electron chi connectivity index (χ0n) is 10.7. The topological polar surface area (TPSA) is 55.6 Å². The third kappa shape index (κ3) is 3.75. The van der Waals surface area contributed by atoms with Gasteiger partial charge in [-0.2, -0.15) is 0 Å². The highest BCUT2D eigenvalue weighted by molar-refractivity contribution is 5.95. The molecule has 0 aliphatic heterocycles. The molecule has 0 saturated heterocycles. The lowest BCUT2D eigenvalue weighted by Crippen LogP contribution is -2.29. The third-order valence-electron chi connectivity index (χ3n) is 2.67. The lowest BCUT2D eigenvalue weighted by molar-refractivity contribution is 0.0778. The van der Waals surface area contributed by atoms with E-state index in [1.807, 2.05) is 13.0 Å². The Kier molecular flexibility index (Phi) is 4.97. The summed E-state index contributed by atoms with van der Waals surface area (Å²) in [5.41, 5.74) is 7.96. The van der Waals surface area contributed by atoms with Gasteiger partial charge in [0, 0.05) is 38.6 Å². The van der Waals surface area contributed by atoms with E-state index in [4.69, 9.17) is 10.5 Å². The summed E-state index contributed by atoms with van der Waals surface area (Å²) in [4.78, 5) is 13.8. The van der Waals surface area contributed by atoms with Crippen LogP contribution in [0.1, 0.15) is 22.3 Å². The van der Waals surface area contributed by atoms with E-state index < -0.39 is 0 Å². The number of carbonyl (C=O) groups excluding carboxylic acids is 1. The van der Waals surface area contributed by atoms with Gasteiger partial charge in [0.1, 0.15) is 0 Å². The van der Waals surface area contributed by atoms with E-state index >= 15 is 0 Å². The van der Waals surface area contributed by atoms with Gasteiger partial charge in [-0.15, -0.1) is 0 Å². The molecule has 94 valence electrons. The molecule has 0 saturated carbocycles. The van der Waals surface area contributed by atoms with Gasteiger partial charge >= 0.3 is 0 Å². The number of benzene rings is 1. The van der Waals surface area contributed by atoms with Crippen molar-refractivity contribution in [3.63, 3.8) is 0 Å². The van der Waals surface area contributed by atoms with Crippen molar-refractivity contribution in [1.29, 1.82) is 0 Å². The van der Waals surface area contributed by atoms with Crippen LogP contribution in [-0.2, 0) is 4.74 Å². The average Bonchev–Trinajstić information content (AvgIpc) is 2.28. The molecule has 0 aliphatic carbocycles. The molecule has 0 heterocycles. The second-order valence-corrected chi connectivity index (χ2v) is 4.15. The maximum Gasteiger partial charge on any atom is 0.253 e. The van der Waals surface area contributed by atoms with E-state index in [0.717, 1.165) is 12.0 Å². The van der Waals surface area contributed by atoms with Crippen LogP contribution in [0.25, 0.3) is 0 Å². The average molecular weight is 236 g/mol. The number of hydrogen-bond donors (Lipinski definition) is 1. The molecule has 0 fully saturated rings. The largest absolute Gasteiger partial charge is 0.399 e. The van der Waals surface area contributed by atoms with E-state index in [0.29, 0.717) is 24.4 Å². The van der Waals surface area contributed by atoms with Gasteiger partial charge in [0.15, 0.2) is 0 Å². The van der Waals surface area contributed by atoms with Crippen LogP contribution in [0.15, 0.2) is 18.2 Å². The lowest BCUT2D eigenvalue weighted by Gasteiger charge is -2.18. The number of rotatable bonds is 5. The van der Waals surface area contributed by atoms with Crippen LogP contribution in [0.3, 0.4) is 0 Å². The first kappa shape index (κ1) is 13.5. The lowest BCUT2D eigenvalue weighted by atomic mass is 10.1. The second kappa shape index (κ2) is 6.25. The van der Waals surface area contributed by atoms with Gasteiger partial charge in [0.2, 0.25) is 0 Å². The molecule has 0 atom stereocenters. The predicted octanol–water partition coefficient (Wildman–Crippen LogP) is 1.69. The maximum atomic E-state index is 12.1. The highest BCUT2D eigenvalue weighted by Gasteiger charge is 2.13. The number of ether oxygens (including phenoxy) is 1. The number of carbonyl (C=O) groups is 1. The van der Waals surface area contributed by atoms with Crippen molar-refractivity contribution in [2.45, 2.75) is 13.3 Å². The summed E-state index contributed by atoms with van der Waals surface area (Å²) < 4.78 is 4.96. The van der Waals surface area contributed by atoms with Crippen LogP contribution in [0.5, 0.6) is 0 Å². The molecule has 0 aromatic heterocycles. The van der Waals surface area contributed by atoms with Crippen molar-refractivity contribution < 1.29 is 9.53 Å². The summed E-state index contributed by atoms with van der Waals surface area (Å²) in [5, 5.41) is 0. The molecule has 1 aromatic carbocycles. The van der Waals surface area contributed by atoms with Crippen LogP contribution in [-0.4, -0.2) is 38.1 Å². The minimum absolute atomic E-state index is 0.0265. The molecule has 4 nitrogen and oxygen atoms in total. The van der Waals surface area contributed by atoms with E-state index in [9.17, 15) is 4.79 Å². The van der Waals surface area contributed by atoms with Crippen LogP contribution in [0, 0.1) is 6.92 Å². The fraction of sp³-hybridized carbons (Fsp3) is 0.462. The van der Waals surface area contributed by atoms with Gasteiger partial charge in [0.05, 0.1) is 0 Å². The Hall–Kier alpha value is -1.55. The number of nitrogens with two attached hydrogens (primary N) is 1. The molecule has 1 aromatic rings. The van der Waals surface area contributed by atoms with Gasteiger partial charge in [-0.05, 0) is 37.1 Å². The molecule has 0 spiro atoms. The third-order valence-corrected chi connectivity index (χ3v) is 2.67. The first-order valence-electron chi connectivity index (χ1n) is 5.66. The first-order valence-corrected chi connectivity index (χ1v) is 5.66. The van der Waals surface area contributed by atoms with Crippen molar-refractivity contribution in [1.82, 2.24) is 4.90 Å². The maximum absolute atomic E-state index is 12.1. The van der Waals surface area contributed by atoms with Crippen molar-refractivity contribution in [3.05, 3.63) is 29.3 Å². The normalized spacial score (nSPS) is 10.3. The molecule has 0 bridgehead atoms. The summed E-state index contributed by atoms with van der Waals surface area (Å²) in [6.45, 7) is 3.25. The van der Waals surface area contributed by atoms with Gasteiger partial charge in [-0.25, -0.2) is 0 Å². The number of hydrogen-bond acceptors (Lipinski definition) is 3. The predicted molar refractivity (Wildman–Crippen MR) is 69.0 cm³/mol. The van der Waals surface area contributed by atoms with Gasteiger partial charge in [-0.3, -0.25) is 4.79 Å². The van der Waals surface area contributed by atoms with E-state index in [1.165, 1.54) is 0 Å². The van der Waals surface area contributed by atoms with Crippen LogP contribution in [0.2, 0.25) is 0 Å². The minimum Gasteiger partial charge on any atom is -0.399 e. The van der Waals surface area contributed by atoms with E-state index in [1.54, 1.807) is 31.2 Å². The Morgan fingerprint density at radius 2 is 2.18 bits per heavy atom. The van der Waals surface area contributed by atoms with Crippen LogP contribution >= 0.6 is 0 Å². The summed E-state index contributed by atoms with van der Waals surface area (Å²) >= 11 is 0. The highest BCUT2D eigenvalue weighted by atomic mass is 16.5. The molecule has 1 rings (SSSR count). The van der Waals surface area contributed by atoms with Crippen LogP contribution in [0.4, 0.5) is 5.69 Å². The number of nitrogen functional groups attached to an aromatic ring is 1. The van der Waals surface area contributed by atoms with Gasteiger partial charge < -0.3 is 15.4 Å². The quantitative estimate of drug-likeness (QED) is 0.625. The Labute approximate surface area is 102 Å². The molecule has 0 unspecified atom stereocenters. The number of methoxy groups -OCH3 is 1. The zero-order valence-corrected chi connectivity index (χ0v) is 10.7. The molecule has 2 N–H and O–H groups in total. The van der Waals surface area contributed by atoms with Crippen LogP contribution < -0.4 is 5.73 Å². The fourth-order valence-corrected chi connectivity index (χ4v) is 1.68. The van der Waals surface area contributed by atoms with E-state index in [2.05, 4.69) is 0 Å².